The third kappa shape index (κ3) is 4.00. The number of unbranched alkanes of at least 4 members (excludes halogenated alkanes) is 4. The molecule has 1 spiro atoms. The lowest BCUT2D eigenvalue weighted by molar-refractivity contribution is -0.142. The molecule has 0 aromatic heterocycles. The molecule has 3 aliphatic rings. The summed E-state index contributed by atoms with van der Waals surface area (Å²) >= 11 is 3.64. The Morgan fingerprint density at radius 2 is 1.97 bits per heavy atom. The van der Waals surface area contributed by atoms with Gasteiger partial charge in [0.15, 0.2) is 0 Å². The van der Waals surface area contributed by atoms with Gasteiger partial charge in [0, 0.05) is 31.6 Å². The average molecular weight is 488 g/mol. The van der Waals surface area contributed by atoms with E-state index in [1.165, 1.54) is 0 Å². The summed E-state index contributed by atoms with van der Waals surface area (Å²) in [5.74, 6) is -1.77. The molecule has 3 saturated heterocycles. The van der Waals surface area contributed by atoms with Gasteiger partial charge in [-0.3, -0.25) is 14.4 Å². The molecule has 0 aromatic carbocycles. The maximum Gasteiger partial charge on any atom is 0.245 e. The number of amides is 3. The number of nitrogens with zero attached hydrogens (tertiary/aromatic N) is 1. The third-order valence-electron chi connectivity index (χ3n) is 6.72. The minimum atomic E-state index is -0.964. The number of ether oxygens (including phenoxy) is 1. The van der Waals surface area contributed by atoms with Crippen LogP contribution in [0.25, 0.3) is 0 Å². The Bertz CT molecular complexity index is 663. The van der Waals surface area contributed by atoms with Crippen LogP contribution < -0.4 is 10.6 Å². The monoisotopic (exact) mass is 487 g/mol. The highest BCUT2D eigenvalue weighted by molar-refractivity contribution is 9.09. The van der Waals surface area contributed by atoms with Crippen molar-refractivity contribution in [3.63, 3.8) is 0 Å². The van der Waals surface area contributed by atoms with Gasteiger partial charge in [0.25, 0.3) is 0 Å². The second-order valence-corrected chi connectivity index (χ2v) is 9.77. The Hall–Kier alpha value is -1.19. The summed E-state index contributed by atoms with van der Waals surface area (Å²) in [6.45, 7) is 3.23. The first kappa shape index (κ1) is 23.5. The molecule has 0 aromatic rings. The van der Waals surface area contributed by atoms with Crippen LogP contribution in [0.1, 0.15) is 51.9 Å². The van der Waals surface area contributed by atoms with E-state index >= 15 is 0 Å². The molecule has 6 atom stereocenters. The van der Waals surface area contributed by atoms with Crippen LogP contribution in [0.2, 0.25) is 0 Å². The highest BCUT2D eigenvalue weighted by Gasteiger charge is 2.76. The Morgan fingerprint density at radius 3 is 2.63 bits per heavy atom. The van der Waals surface area contributed by atoms with E-state index in [9.17, 15) is 14.4 Å². The largest absolute Gasteiger partial charge is 0.396 e. The van der Waals surface area contributed by atoms with Gasteiger partial charge in [-0.15, -0.1) is 0 Å². The van der Waals surface area contributed by atoms with E-state index in [1.807, 2.05) is 0 Å². The topological polar surface area (TPSA) is 108 Å². The number of aliphatic hydroxyl groups is 1. The van der Waals surface area contributed by atoms with Crippen molar-refractivity contribution in [1.29, 1.82) is 0 Å². The zero-order valence-electron chi connectivity index (χ0n) is 17.9. The molecule has 9 heteroatoms. The lowest BCUT2D eigenvalue weighted by Gasteiger charge is -2.34. The van der Waals surface area contributed by atoms with Gasteiger partial charge in [-0.1, -0.05) is 42.1 Å². The Kier molecular flexibility index (Phi) is 7.79. The van der Waals surface area contributed by atoms with Gasteiger partial charge >= 0.3 is 0 Å². The summed E-state index contributed by atoms with van der Waals surface area (Å²) in [5.41, 5.74) is -0.964. The first-order valence-electron chi connectivity index (χ1n) is 11.2. The number of fused-ring (bicyclic) bond motifs is 1. The van der Waals surface area contributed by atoms with E-state index in [1.54, 1.807) is 11.9 Å². The quantitative estimate of drug-likeness (QED) is 0.297. The molecule has 3 N–H and O–H groups in total. The summed E-state index contributed by atoms with van der Waals surface area (Å²) in [5, 5.41) is 14.6. The molecule has 170 valence electrons. The van der Waals surface area contributed by atoms with E-state index in [-0.39, 0.29) is 29.2 Å². The molecule has 0 radical (unpaired) electrons. The fourth-order valence-electron chi connectivity index (χ4n) is 5.37. The van der Waals surface area contributed by atoms with Crippen molar-refractivity contribution in [2.75, 3.05) is 26.7 Å². The number of hydrogen-bond donors (Lipinski definition) is 3. The maximum absolute atomic E-state index is 13.5. The van der Waals surface area contributed by atoms with Crippen molar-refractivity contribution in [2.45, 2.75) is 74.4 Å². The van der Waals surface area contributed by atoms with Crippen LogP contribution in [0.15, 0.2) is 0 Å². The number of aliphatic hydroxyl groups excluding tert-OH is 1. The summed E-state index contributed by atoms with van der Waals surface area (Å²) in [7, 11) is 1.57. The minimum absolute atomic E-state index is 0.0701. The van der Waals surface area contributed by atoms with Gasteiger partial charge in [-0.05, 0) is 25.7 Å². The number of hydrogen-bond acceptors (Lipinski definition) is 5. The Balaban J connectivity index is 1.85. The van der Waals surface area contributed by atoms with E-state index < -0.39 is 29.6 Å². The molecule has 3 fully saturated rings. The number of nitrogens with one attached hydrogen (secondary N) is 2. The van der Waals surface area contributed by atoms with Crippen LogP contribution in [-0.4, -0.2) is 77.0 Å². The highest BCUT2D eigenvalue weighted by Crippen LogP contribution is 2.59. The van der Waals surface area contributed by atoms with Gasteiger partial charge in [0.2, 0.25) is 17.7 Å². The van der Waals surface area contributed by atoms with Crippen LogP contribution in [0, 0.1) is 11.8 Å². The Labute approximate surface area is 186 Å². The number of likely N-dealkylation sites (tertiary alicyclic amines) is 1. The van der Waals surface area contributed by atoms with Crippen molar-refractivity contribution in [1.82, 2.24) is 15.5 Å². The van der Waals surface area contributed by atoms with Crippen molar-refractivity contribution in [3.8, 4) is 0 Å². The number of halogens is 1. The molecule has 8 nitrogen and oxygen atoms in total. The lowest BCUT2D eigenvalue weighted by atomic mass is 9.70. The van der Waals surface area contributed by atoms with Crippen LogP contribution in [0.3, 0.4) is 0 Å². The molecule has 2 bridgehead atoms. The predicted octanol–water partition coefficient (Wildman–Crippen LogP) is 0.949. The molecule has 3 aliphatic heterocycles. The third-order valence-corrected chi connectivity index (χ3v) is 7.57. The highest BCUT2D eigenvalue weighted by atomic mass is 79.9. The lowest BCUT2D eigenvalue weighted by Crippen LogP contribution is -2.56. The van der Waals surface area contributed by atoms with E-state index in [0.717, 1.165) is 38.5 Å². The fraction of sp³-hybridized carbons (Fsp3) is 0.857. The van der Waals surface area contributed by atoms with Crippen LogP contribution >= 0.6 is 15.9 Å². The molecule has 0 saturated carbocycles. The summed E-state index contributed by atoms with van der Waals surface area (Å²) in [6, 6.07) is -0.718. The smallest absolute Gasteiger partial charge is 0.245 e. The van der Waals surface area contributed by atoms with Crippen molar-refractivity contribution in [2.24, 2.45) is 11.8 Å². The summed E-state index contributed by atoms with van der Waals surface area (Å²) in [6.07, 6.45) is 5.20. The molecule has 3 unspecified atom stereocenters. The molecule has 0 aliphatic carbocycles. The van der Waals surface area contributed by atoms with Crippen molar-refractivity contribution in [3.05, 3.63) is 0 Å². The molecular formula is C21H34BrN3O5. The summed E-state index contributed by atoms with van der Waals surface area (Å²) < 4.78 is 6.35. The van der Waals surface area contributed by atoms with Gasteiger partial charge in [-0.2, -0.15) is 0 Å². The second kappa shape index (κ2) is 9.96. The van der Waals surface area contributed by atoms with E-state index in [4.69, 9.17) is 9.84 Å². The zero-order chi connectivity index (χ0) is 21.9. The molecular weight excluding hydrogens is 454 g/mol. The first-order chi connectivity index (χ1) is 14.4. The molecule has 3 rings (SSSR count). The van der Waals surface area contributed by atoms with Crippen molar-refractivity contribution >= 4 is 33.7 Å². The van der Waals surface area contributed by atoms with Gasteiger partial charge in [0.1, 0.15) is 11.6 Å². The SMILES string of the molecule is CCCCNC(=O)C1N(CCCCCCO)C(=O)[C@@H]2[C@@H](C(=O)NC)[C@@H]3OC12CC3Br. The molecule has 3 amide bonds. The standard InChI is InChI=1S/C21H34BrN3O5/c1-3-4-9-24-19(28)17-21-12-13(22)16(30-21)14(18(27)23-2)15(21)20(29)25(17)10-7-5-6-8-11-26/h13-17,26H,3-12H2,1-2H3,(H,23,27)(H,24,28)/t13?,14-,15+,16-,17?,21?/m1/s1. The van der Waals surface area contributed by atoms with E-state index in [0.29, 0.717) is 19.5 Å². The predicted molar refractivity (Wildman–Crippen MR) is 115 cm³/mol. The van der Waals surface area contributed by atoms with Crippen molar-refractivity contribution < 1.29 is 24.2 Å². The van der Waals surface area contributed by atoms with Gasteiger partial charge < -0.3 is 25.4 Å². The normalized spacial score (nSPS) is 34.3. The molecule has 30 heavy (non-hydrogen) atoms. The van der Waals surface area contributed by atoms with Crippen LogP contribution in [0.5, 0.6) is 0 Å². The maximum atomic E-state index is 13.5. The number of carbonyl (C=O) groups excluding carboxylic acids is 3. The molecule has 3 heterocycles. The van der Waals surface area contributed by atoms with E-state index in [2.05, 4.69) is 33.5 Å². The number of alkyl halides is 1. The second-order valence-electron chi connectivity index (χ2n) is 8.59. The average Bonchev–Trinajstić information content (AvgIpc) is 3.31. The number of rotatable bonds is 11. The van der Waals surface area contributed by atoms with Crippen LogP contribution in [-0.2, 0) is 19.1 Å². The Morgan fingerprint density at radius 1 is 1.23 bits per heavy atom. The number of carbonyl (C=O) groups is 3. The minimum Gasteiger partial charge on any atom is -0.396 e. The van der Waals surface area contributed by atoms with Gasteiger partial charge in [0.05, 0.1) is 17.9 Å². The summed E-state index contributed by atoms with van der Waals surface area (Å²) in [4.78, 5) is 41.0. The van der Waals surface area contributed by atoms with Gasteiger partial charge in [-0.25, -0.2) is 0 Å². The zero-order valence-corrected chi connectivity index (χ0v) is 19.4. The van der Waals surface area contributed by atoms with Crippen LogP contribution in [0.4, 0.5) is 0 Å². The fourth-order valence-corrected chi connectivity index (χ4v) is 6.31. The first-order valence-corrected chi connectivity index (χ1v) is 12.1.